The van der Waals surface area contributed by atoms with E-state index in [9.17, 15) is 31.8 Å². The summed E-state index contributed by atoms with van der Waals surface area (Å²) in [5.41, 5.74) is -2.30. The first-order valence-electron chi connectivity index (χ1n) is 20.0. The van der Waals surface area contributed by atoms with E-state index in [4.69, 9.17) is 4.18 Å². The maximum Gasteiger partial charge on any atom is 0.534 e. The lowest BCUT2D eigenvalue weighted by atomic mass is 9.87. The molecule has 5 aromatic rings. The van der Waals surface area contributed by atoms with Gasteiger partial charge in [-0.05, 0) is 98.0 Å². The van der Waals surface area contributed by atoms with E-state index in [1.54, 1.807) is 24.3 Å². The van der Waals surface area contributed by atoms with Crippen molar-refractivity contribution in [2.45, 2.75) is 156 Å². The SMILES string of the molecule is CC(C)(C)c1cc2c(O)c(c1)Sc1cc(C(C)(C)C)cc(c1OS(=O)(=O)C(F)(F)F)Sc1cc(C(C)(C)C)cc(c1O)Sc1cc(C(C)(C)C)cc(c1NCc1ccccc1)S2. The van der Waals surface area contributed by atoms with Gasteiger partial charge in [0.2, 0.25) is 0 Å². The highest BCUT2D eigenvalue weighted by Gasteiger charge is 2.49. The number of anilines is 1. The Labute approximate surface area is 381 Å². The summed E-state index contributed by atoms with van der Waals surface area (Å²) in [5, 5.41) is 28.4. The van der Waals surface area contributed by atoms with Crippen molar-refractivity contribution >= 4 is 62.9 Å². The second-order valence-corrected chi connectivity index (χ2v) is 25.4. The van der Waals surface area contributed by atoms with Crippen LogP contribution in [-0.2, 0) is 38.3 Å². The summed E-state index contributed by atoms with van der Waals surface area (Å²) in [4.78, 5) is 3.26. The van der Waals surface area contributed by atoms with Crippen molar-refractivity contribution in [1.82, 2.24) is 0 Å². The van der Waals surface area contributed by atoms with E-state index in [2.05, 4.69) is 38.2 Å². The summed E-state index contributed by atoms with van der Waals surface area (Å²) in [5.74, 6) is -0.807. The minimum absolute atomic E-state index is 0.0421. The average molecular weight is 942 g/mol. The van der Waals surface area contributed by atoms with Crippen LogP contribution in [0.2, 0.25) is 0 Å². The largest absolute Gasteiger partial charge is 0.534 e. The van der Waals surface area contributed by atoms with Gasteiger partial charge in [-0.2, -0.15) is 21.6 Å². The molecule has 62 heavy (non-hydrogen) atoms. The van der Waals surface area contributed by atoms with E-state index < -0.39 is 37.6 Å². The molecule has 0 atom stereocenters. The molecular weight excluding hydrogens is 888 g/mol. The molecule has 0 saturated heterocycles. The molecule has 3 N–H and O–H groups in total. The van der Waals surface area contributed by atoms with E-state index in [0.717, 1.165) is 61.3 Å². The van der Waals surface area contributed by atoms with Crippen molar-refractivity contribution in [3.63, 3.8) is 0 Å². The molecule has 0 aliphatic carbocycles. The van der Waals surface area contributed by atoms with Crippen LogP contribution in [0.15, 0.2) is 118 Å². The average Bonchev–Trinajstić information content (AvgIpc) is 3.13. The van der Waals surface area contributed by atoms with Crippen LogP contribution in [0.3, 0.4) is 0 Å². The predicted molar refractivity (Wildman–Crippen MR) is 250 cm³/mol. The first kappa shape index (κ1) is 47.9. The fourth-order valence-corrected chi connectivity index (χ4v) is 11.5. The van der Waals surface area contributed by atoms with Crippen molar-refractivity contribution in [2.75, 3.05) is 5.32 Å². The first-order valence-corrected chi connectivity index (χ1v) is 24.7. The highest BCUT2D eigenvalue weighted by atomic mass is 32.2. The summed E-state index contributed by atoms with van der Waals surface area (Å²) >= 11 is 4.57. The van der Waals surface area contributed by atoms with Crippen molar-refractivity contribution in [1.29, 1.82) is 0 Å². The van der Waals surface area contributed by atoms with E-state index in [-0.39, 0.29) is 26.7 Å². The van der Waals surface area contributed by atoms with Crippen LogP contribution in [0.1, 0.15) is 111 Å². The number of alkyl halides is 3. The van der Waals surface area contributed by atoms with Crippen LogP contribution < -0.4 is 9.50 Å². The summed E-state index contributed by atoms with van der Waals surface area (Å²) in [6.45, 7) is 24.9. The first-order chi connectivity index (χ1) is 28.4. The Kier molecular flexibility index (Phi) is 13.2. The fourth-order valence-electron chi connectivity index (χ4n) is 6.36. The Balaban J connectivity index is 1.76. The van der Waals surface area contributed by atoms with Gasteiger partial charge in [-0.15, -0.1) is 0 Å². The van der Waals surface area contributed by atoms with E-state index in [1.807, 2.05) is 105 Å². The van der Waals surface area contributed by atoms with Gasteiger partial charge in [0.05, 0.1) is 35.1 Å². The third-order valence-electron chi connectivity index (χ3n) is 10.3. The van der Waals surface area contributed by atoms with Gasteiger partial charge in [-0.25, -0.2) is 0 Å². The van der Waals surface area contributed by atoms with Gasteiger partial charge >= 0.3 is 15.6 Å². The lowest BCUT2D eigenvalue weighted by Gasteiger charge is -2.27. The molecule has 0 unspecified atom stereocenters. The molecule has 1 aliphatic rings. The molecule has 6 nitrogen and oxygen atoms in total. The molecule has 0 amide bonds. The molecule has 1 heterocycles. The molecule has 0 fully saturated rings. The molecule has 5 aromatic carbocycles. The number of benzene rings is 5. The quantitative estimate of drug-likeness (QED) is 0.115. The third kappa shape index (κ3) is 10.7. The number of fused-ring (bicyclic) bond motifs is 8. The number of hydrogen-bond acceptors (Lipinski definition) is 10. The van der Waals surface area contributed by atoms with Gasteiger partial charge in [0.15, 0.2) is 5.75 Å². The lowest BCUT2D eigenvalue weighted by molar-refractivity contribution is -0.0501. The van der Waals surface area contributed by atoms with Gasteiger partial charge in [-0.3, -0.25) is 0 Å². The van der Waals surface area contributed by atoms with Gasteiger partial charge in [0.25, 0.3) is 0 Å². The van der Waals surface area contributed by atoms with Gasteiger partial charge in [0.1, 0.15) is 11.5 Å². The Morgan fingerprint density at radius 1 is 0.516 bits per heavy atom. The highest BCUT2D eigenvalue weighted by Crippen LogP contribution is 2.56. The summed E-state index contributed by atoms with van der Waals surface area (Å²) in [6.07, 6.45) is 0. The molecule has 0 spiro atoms. The van der Waals surface area contributed by atoms with Crippen LogP contribution in [0.5, 0.6) is 17.2 Å². The monoisotopic (exact) mass is 941 g/mol. The molecule has 1 aliphatic heterocycles. The second-order valence-electron chi connectivity index (χ2n) is 19.5. The van der Waals surface area contributed by atoms with Crippen molar-refractivity contribution in [3.8, 4) is 17.2 Å². The van der Waals surface area contributed by atoms with Crippen molar-refractivity contribution < 1.29 is 36.0 Å². The molecule has 0 saturated carbocycles. The number of nitrogens with one attached hydrogen (secondary N) is 1. The molecule has 0 aromatic heterocycles. The summed E-state index contributed by atoms with van der Waals surface area (Å²) in [6, 6.07) is 24.9. The number of aromatic hydroxyl groups is 2. The molecule has 8 bridgehead atoms. The minimum atomic E-state index is -6.18. The van der Waals surface area contributed by atoms with Crippen molar-refractivity contribution in [2.24, 2.45) is 0 Å². The van der Waals surface area contributed by atoms with Crippen LogP contribution in [-0.4, -0.2) is 24.1 Å². The number of hydrogen-bond donors (Lipinski definition) is 3. The zero-order valence-electron chi connectivity index (χ0n) is 37.0. The normalized spacial score (nSPS) is 14.1. The number of phenolic OH excluding ortho intramolecular Hbond substituents is 2. The number of rotatable bonds is 5. The van der Waals surface area contributed by atoms with E-state index >= 15 is 0 Å². The van der Waals surface area contributed by atoms with Gasteiger partial charge in [-0.1, -0.05) is 160 Å². The molecule has 6 rings (SSSR count). The molecule has 0 radical (unpaired) electrons. The van der Waals surface area contributed by atoms with Crippen LogP contribution >= 0.6 is 47.0 Å². The molecule has 332 valence electrons. The van der Waals surface area contributed by atoms with E-state index in [1.165, 1.54) is 23.5 Å². The van der Waals surface area contributed by atoms with Gasteiger partial charge in [0, 0.05) is 16.3 Å². The summed E-state index contributed by atoms with van der Waals surface area (Å²) in [7, 11) is -6.18. The Bertz CT molecular complexity index is 2500. The lowest BCUT2D eigenvalue weighted by Crippen LogP contribution is -2.28. The summed E-state index contributed by atoms with van der Waals surface area (Å²) < 4.78 is 73.7. The second kappa shape index (κ2) is 17.1. The van der Waals surface area contributed by atoms with Crippen LogP contribution in [0.25, 0.3) is 0 Å². The smallest absolute Gasteiger partial charge is 0.506 e. The van der Waals surface area contributed by atoms with E-state index in [0.29, 0.717) is 31.7 Å². The van der Waals surface area contributed by atoms with Crippen LogP contribution in [0.4, 0.5) is 18.9 Å². The maximum atomic E-state index is 14.2. The minimum Gasteiger partial charge on any atom is -0.506 e. The Morgan fingerprint density at radius 2 is 0.823 bits per heavy atom. The zero-order chi connectivity index (χ0) is 46.0. The maximum absolute atomic E-state index is 14.2. The Hall–Kier alpha value is -3.56. The van der Waals surface area contributed by atoms with Crippen molar-refractivity contribution in [3.05, 3.63) is 107 Å². The topological polar surface area (TPSA) is 95.9 Å². The molecular formula is C48H54F3NO5S5. The standard InChI is InChI=1S/C48H54F3NO5S5/c1-44(2,3)28-18-32-40(52-26-27-16-14-13-15-17-27)33(19-28)59-35-21-30(46(7,8)9)23-37(42(35)54)61-39-25-31(47(10,11)12)24-38(43(39)57-62(55,56)48(49,50)51)60-36-22-29(45(4,5)6)20-34(58-32)41(36)53/h13-25,52-54H,26H2,1-12H3. The fraction of sp³-hybridized carbons (Fsp3) is 0.375. The highest BCUT2D eigenvalue weighted by molar-refractivity contribution is 8.01. The number of phenols is 2. The predicted octanol–water partition coefficient (Wildman–Crippen LogP) is 15.0. The third-order valence-corrected chi connectivity index (χ3v) is 15.5. The van der Waals surface area contributed by atoms with Gasteiger partial charge < -0.3 is 19.7 Å². The molecule has 14 heteroatoms. The Morgan fingerprint density at radius 3 is 1.15 bits per heavy atom. The number of halogens is 3. The van der Waals surface area contributed by atoms with Crippen LogP contribution in [0, 0.1) is 0 Å². The zero-order valence-corrected chi connectivity index (χ0v) is 41.1.